The molecular weight excluding hydrogens is 158 g/mol. The summed E-state index contributed by atoms with van der Waals surface area (Å²) in [6.07, 6.45) is 4.33. The molecule has 0 aliphatic carbocycles. The van der Waals surface area contributed by atoms with E-state index in [1.807, 2.05) is 0 Å². The number of aromatic nitrogens is 2. The third-order valence-electron chi connectivity index (χ3n) is 1.36. The molecule has 0 spiro atoms. The Morgan fingerprint density at radius 3 is 2.92 bits per heavy atom. The average molecular weight is 167 g/mol. The molecule has 0 aliphatic heterocycles. The maximum absolute atomic E-state index is 10.3. The number of carboxylic acid groups (broad SMARTS) is 1. The molecule has 0 bridgehead atoms. The Morgan fingerprint density at radius 2 is 2.42 bits per heavy atom. The van der Waals surface area contributed by atoms with E-state index in [9.17, 15) is 4.79 Å². The highest BCUT2D eigenvalue weighted by atomic mass is 16.4. The molecule has 0 radical (unpaired) electrons. The molecule has 0 amide bonds. The normalized spacial score (nSPS) is 12.4. The lowest BCUT2D eigenvalue weighted by molar-refractivity contribution is -0.137. The van der Waals surface area contributed by atoms with Gasteiger partial charge in [-0.3, -0.25) is 14.8 Å². The van der Waals surface area contributed by atoms with Crippen LogP contribution in [0.3, 0.4) is 0 Å². The zero-order valence-electron chi connectivity index (χ0n) is 6.34. The van der Waals surface area contributed by atoms with E-state index in [1.165, 1.54) is 18.6 Å². The molecule has 1 aromatic heterocycles. The van der Waals surface area contributed by atoms with E-state index in [4.69, 9.17) is 10.8 Å². The highest BCUT2D eigenvalue weighted by Gasteiger charge is 2.10. The van der Waals surface area contributed by atoms with Crippen LogP contribution in [0.4, 0.5) is 0 Å². The first kappa shape index (κ1) is 8.61. The molecule has 1 rings (SSSR count). The van der Waals surface area contributed by atoms with Gasteiger partial charge in [0, 0.05) is 18.6 Å². The summed E-state index contributed by atoms with van der Waals surface area (Å²) in [7, 11) is 0. The van der Waals surface area contributed by atoms with Crippen molar-refractivity contribution in [3.8, 4) is 0 Å². The van der Waals surface area contributed by atoms with Crippen molar-refractivity contribution in [3.05, 3.63) is 24.3 Å². The molecule has 1 aromatic rings. The fourth-order valence-electron chi connectivity index (χ4n) is 0.795. The second kappa shape index (κ2) is 3.77. The second-order valence-electron chi connectivity index (χ2n) is 2.33. The number of carbonyl (C=O) groups is 1. The van der Waals surface area contributed by atoms with Crippen LogP contribution in [-0.4, -0.2) is 21.0 Å². The predicted molar refractivity (Wildman–Crippen MR) is 41.2 cm³/mol. The monoisotopic (exact) mass is 167 g/mol. The standard InChI is InChI=1S/C7H9N3O2/c8-5(3-7(11)12)6-4-9-1-2-10-6/h1-2,4-5H,3,8H2,(H,11,12). The van der Waals surface area contributed by atoms with Crippen LogP contribution in [0.2, 0.25) is 0 Å². The lowest BCUT2D eigenvalue weighted by atomic mass is 10.1. The first-order valence-electron chi connectivity index (χ1n) is 3.43. The van der Waals surface area contributed by atoms with Crippen molar-refractivity contribution in [1.29, 1.82) is 0 Å². The fraction of sp³-hybridized carbons (Fsp3) is 0.286. The molecule has 1 unspecified atom stereocenters. The van der Waals surface area contributed by atoms with Gasteiger partial charge in [0.2, 0.25) is 0 Å². The van der Waals surface area contributed by atoms with Crippen LogP contribution in [0.25, 0.3) is 0 Å². The highest BCUT2D eigenvalue weighted by molar-refractivity contribution is 5.67. The summed E-state index contributed by atoms with van der Waals surface area (Å²) >= 11 is 0. The van der Waals surface area contributed by atoms with E-state index in [0.29, 0.717) is 5.69 Å². The van der Waals surface area contributed by atoms with E-state index in [2.05, 4.69) is 9.97 Å². The number of nitrogens with zero attached hydrogens (tertiary/aromatic N) is 2. The summed E-state index contributed by atoms with van der Waals surface area (Å²) < 4.78 is 0. The van der Waals surface area contributed by atoms with E-state index < -0.39 is 12.0 Å². The lowest BCUT2D eigenvalue weighted by Crippen LogP contribution is -2.16. The molecule has 3 N–H and O–H groups in total. The first-order chi connectivity index (χ1) is 5.70. The van der Waals surface area contributed by atoms with E-state index in [1.54, 1.807) is 0 Å². The summed E-state index contributed by atoms with van der Waals surface area (Å²) in [6.45, 7) is 0. The number of aliphatic carboxylic acids is 1. The number of hydrogen-bond donors (Lipinski definition) is 2. The summed E-state index contributed by atoms with van der Waals surface area (Å²) in [5.74, 6) is -0.937. The zero-order chi connectivity index (χ0) is 8.97. The lowest BCUT2D eigenvalue weighted by Gasteiger charge is -2.05. The van der Waals surface area contributed by atoms with Crippen molar-refractivity contribution in [3.63, 3.8) is 0 Å². The molecule has 12 heavy (non-hydrogen) atoms. The second-order valence-corrected chi connectivity index (χ2v) is 2.33. The van der Waals surface area contributed by atoms with Gasteiger partial charge in [-0.05, 0) is 0 Å². The Kier molecular flexibility index (Phi) is 2.71. The quantitative estimate of drug-likeness (QED) is 0.658. The minimum atomic E-state index is -0.937. The van der Waals surface area contributed by atoms with Crippen molar-refractivity contribution in [1.82, 2.24) is 9.97 Å². The number of hydrogen-bond acceptors (Lipinski definition) is 4. The predicted octanol–water partition coefficient (Wildman–Crippen LogP) is -0.0489. The largest absolute Gasteiger partial charge is 0.481 e. The number of carboxylic acids is 1. The smallest absolute Gasteiger partial charge is 0.305 e. The van der Waals surface area contributed by atoms with E-state index in [0.717, 1.165) is 0 Å². The molecule has 0 aromatic carbocycles. The molecule has 0 fully saturated rings. The SMILES string of the molecule is NC(CC(=O)O)c1cnccn1. The van der Waals surface area contributed by atoms with Crippen LogP contribution >= 0.6 is 0 Å². The number of rotatable bonds is 3. The molecule has 5 nitrogen and oxygen atoms in total. The fourth-order valence-corrected chi connectivity index (χ4v) is 0.795. The van der Waals surface area contributed by atoms with Crippen LogP contribution in [0.15, 0.2) is 18.6 Å². The molecule has 1 atom stereocenters. The van der Waals surface area contributed by atoms with Crippen molar-refractivity contribution in [2.45, 2.75) is 12.5 Å². The van der Waals surface area contributed by atoms with Gasteiger partial charge < -0.3 is 10.8 Å². The van der Waals surface area contributed by atoms with Crippen LogP contribution in [0.1, 0.15) is 18.2 Å². The van der Waals surface area contributed by atoms with Crippen molar-refractivity contribution in [2.24, 2.45) is 5.73 Å². The van der Waals surface area contributed by atoms with Gasteiger partial charge in [-0.15, -0.1) is 0 Å². The van der Waals surface area contributed by atoms with E-state index in [-0.39, 0.29) is 6.42 Å². The summed E-state index contributed by atoms with van der Waals surface area (Å²) in [6, 6.07) is -0.573. The number of nitrogens with two attached hydrogens (primary N) is 1. The third-order valence-corrected chi connectivity index (χ3v) is 1.36. The van der Waals surface area contributed by atoms with E-state index >= 15 is 0 Å². The molecule has 0 saturated heterocycles. The van der Waals surface area contributed by atoms with Crippen LogP contribution in [0.5, 0.6) is 0 Å². The van der Waals surface area contributed by atoms with Gasteiger partial charge in [0.15, 0.2) is 0 Å². The first-order valence-corrected chi connectivity index (χ1v) is 3.43. The third kappa shape index (κ3) is 2.28. The van der Waals surface area contributed by atoms with Crippen molar-refractivity contribution >= 4 is 5.97 Å². The van der Waals surface area contributed by atoms with Crippen LogP contribution < -0.4 is 5.73 Å². The van der Waals surface area contributed by atoms with Crippen LogP contribution in [-0.2, 0) is 4.79 Å². The molecular formula is C7H9N3O2. The molecule has 0 aliphatic rings. The Labute approximate surface area is 69.3 Å². The summed E-state index contributed by atoms with van der Waals surface area (Å²) in [5.41, 5.74) is 6.01. The van der Waals surface area contributed by atoms with Crippen molar-refractivity contribution < 1.29 is 9.90 Å². The maximum Gasteiger partial charge on any atom is 0.305 e. The Balaban J connectivity index is 2.65. The molecule has 1 heterocycles. The summed E-state index contributed by atoms with van der Waals surface area (Å²) in [5, 5.41) is 8.42. The topological polar surface area (TPSA) is 89.1 Å². The minimum Gasteiger partial charge on any atom is -0.481 e. The van der Waals surface area contributed by atoms with Gasteiger partial charge >= 0.3 is 5.97 Å². The molecule has 64 valence electrons. The zero-order valence-corrected chi connectivity index (χ0v) is 6.34. The summed E-state index contributed by atoms with van der Waals surface area (Å²) in [4.78, 5) is 17.9. The van der Waals surface area contributed by atoms with Gasteiger partial charge in [-0.1, -0.05) is 0 Å². The van der Waals surface area contributed by atoms with Crippen molar-refractivity contribution in [2.75, 3.05) is 0 Å². The van der Waals surface area contributed by atoms with Crippen LogP contribution in [0, 0.1) is 0 Å². The Morgan fingerprint density at radius 1 is 1.67 bits per heavy atom. The Hall–Kier alpha value is -1.49. The average Bonchev–Trinajstić information content (AvgIpc) is 2.05. The van der Waals surface area contributed by atoms with Gasteiger partial charge in [-0.25, -0.2) is 0 Å². The van der Waals surface area contributed by atoms with Gasteiger partial charge in [0.1, 0.15) is 0 Å². The highest BCUT2D eigenvalue weighted by Crippen LogP contribution is 2.08. The molecule has 0 saturated carbocycles. The Bertz CT molecular complexity index is 263. The van der Waals surface area contributed by atoms with Gasteiger partial charge in [-0.2, -0.15) is 0 Å². The van der Waals surface area contributed by atoms with Gasteiger partial charge in [0.25, 0.3) is 0 Å². The molecule has 5 heteroatoms. The van der Waals surface area contributed by atoms with Gasteiger partial charge in [0.05, 0.1) is 18.2 Å². The minimum absolute atomic E-state index is 0.126. The maximum atomic E-state index is 10.3.